The Morgan fingerprint density at radius 2 is 2.04 bits per heavy atom. The quantitative estimate of drug-likeness (QED) is 0.580. The molecule has 2 heterocycles. The molecule has 1 aromatic carbocycles. The minimum atomic E-state index is -4.72. The van der Waals surface area contributed by atoms with E-state index in [4.69, 9.17) is 9.15 Å². The van der Waals surface area contributed by atoms with Crippen molar-refractivity contribution in [2.75, 3.05) is 17.2 Å². The number of halogens is 4. The Balaban J connectivity index is 1.83. The van der Waals surface area contributed by atoms with Gasteiger partial charge in [0.1, 0.15) is 5.76 Å². The van der Waals surface area contributed by atoms with Crippen molar-refractivity contribution in [2.24, 2.45) is 0 Å². The molecule has 0 saturated carbocycles. The molecule has 3 rings (SSSR count). The molecule has 11 heteroatoms. The van der Waals surface area contributed by atoms with Gasteiger partial charge in [-0.05, 0) is 25.1 Å². The number of anilines is 2. The Kier molecular flexibility index (Phi) is 5.25. The van der Waals surface area contributed by atoms with Gasteiger partial charge in [-0.25, -0.2) is 9.18 Å². The normalized spacial score (nSPS) is 11.3. The van der Waals surface area contributed by atoms with Gasteiger partial charge in [0.2, 0.25) is 5.88 Å². The molecule has 0 radical (unpaired) electrons. The van der Waals surface area contributed by atoms with Gasteiger partial charge in [-0.2, -0.15) is 13.2 Å². The van der Waals surface area contributed by atoms with Crippen molar-refractivity contribution in [3.63, 3.8) is 0 Å². The molecule has 7 nitrogen and oxygen atoms in total. The zero-order chi connectivity index (χ0) is 20.3. The van der Waals surface area contributed by atoms with E-state index in [-0.39, 0.29) is 18.0 Å². The van der Waals surface area contributed by atoms with Crippen molar-refractivity contribution in [1.82, 2.24) is 5.16 Å². The van der Waals surface area contributed by atoms with Crippen LogP contribution < -0.4 is 15.4 Å². The summed E-state index contributed by atoms with van der Waals surface area (Å²) >= 11 is 0. The fraction of sp³-hybridized carbons (Fsp3) is 0.176. The number of amides is 2. The zero-order valence-electron chi connectivity index (χ0n) is 14.3. The second-order valence-electron chi connectivity index (χ2n) is 5.39. The number of hydrogen-bond donors (Lipinski definition) is 2. The number of carbonyl (C=O) groups is 1. The summed E-state index contributed by atoms with van der Waals surface area (Å²) in [5.74, 6) is -1.01. The molecule has 148 valence electrons. The summed E-state index contributed by atoms with van der Waals surface area (Å²) in [7, 11) is 0. The van der Waals surface area contributed by atoms with Crippen LogP contribution in [0.2, 0.25) is 0 Å². The second-order valence-corrected chi connectivity index (χ2v) is 5.39. The number of benzene rings is 1. The Morgan fingerprint density at radius 1 is 1.25 bits per heavy atom. The third-order valence-electron chi connectivity index (χ3n) is 3.44. The molecule has 0 spiro atoms. The SMILES string of the molecule is CCOc1cc(-c2ccco2)c(NC(=O)Nc2cc(C(F)(F)F)no2)cc1F. The van der Waals surface area contributed by atoms with Crippen LogP contribution >= 0.6 is 0 Å². The topological polar surface area (TPSA) is 89.5 Å². The number of hydrogen-bond acceptors (Lipinski definition) is 5. The van der Waals surface area contributed by atoms with Crippen LogP contribution in [0.5, 0.6) is 5.75 Å². The summed E-state index contributed by atoms with van der Waals surface area (Å²) in [5, 5.41) is 7.20. The van der Waals surface area contributed by atoms with Crippen LogP contribution in [0.25, 0.3) is 11.3 Å². The highest BCUT2D eigenvalue weighted by atomic mass is 19.4. The monoisotopic (exact) mass is 399 g/mol. The Bertz CT molecular complexity index is 967. The van der Waals surface area contributed by atoms with E-state index in [0.717, 1.165) is 6.07 Å². The minimum absolute atomic E-state index is 0.00367. The molecule has 0 bridgehead atoms. The number of nitrogens with one attached hydrogen (secondary N) is 2. The number of rotatable bonds is 5. The number of aromatic nitrogens is 1. The molecule has 0 aliphatic carbocycles. The van der Waals surface area contributed by atoms with Gasteiger partial charge in [0.05, 0.1) is 18.6 Å². The maximum absolute atomic E-state index is 14.2. The van der Waals surface area contributed by atoms with E-state index in [1.807, 2.05) is 0 Å². The molecule has 0 unspecified atom stereocenters. The number of nitrogens with zero attached hydrogens (tertiary/aromatic N) is 1. The van der Waals surface area contributed by atoms with Crippen LogP contribution in [0.1, 0.15) is 12.6 Å². The smallest absolute Gasteiger partial charge is 0.436 e. The molecular weight excluding hydrogens is 386 g/mol. The summed E-state index contributed by atoms with van der Waals surface area (Å²) in [6, 6.07) is 5.06. The lowest BCUT2D eigenvalue weighted by atomic mass is 10.1. The van der Waals surface area contributed by atoms with Crippen LogP contribution in [0.4, 0.5) is 33.9 Å². The highest BCUT2D eigenvalue weighted by Crippen LogP contribution is 2.35. The number of ether oxygens (including phenoxy) is 1. The summed E-state index contributed by atoms with van der Waals surface area (Å²) in [6.45, 7) is 1.90. The molecular formula is C17H13F4N3O4. The molecule has 28 heavy (non-hydrogen) atoms. The average molecular weight is 399 g/mol. The van der Waals surface area contributed by atoms with E-state index in [2.05, 4.69) is 20.3 Å². The van der Waals surface area contributed by atoms with E-state index in [1.165, 1.54) is 12.3 Å². The number of furan rings is 1. The van der Waals surface area contributed by atoms with Gasteiger partial charge in [0, 0.05) is 17.7 Å². The summed E-state index contributed by atoms with van der Waals surface area (Å²) in [4.78, 5) is 12.1. The van der Waals surface area contributed by atoms with E-state index in [1.54, 1.807) is 19.1 Å². The van der Waals surface area contributed by atoms with Gasteiger partial charge in [-0.1, -0.05) is 5.16 Å². The standard InChI is InChI=1S/C17H13F4N3O4/c1-2-26-13-6-9(12-4-3-5-27-12)11(7-10(13)18)22-16(25)23-15-8-14(24-28-15)17(19,20)21/h3-8H,2H2,1H3,(H2,22,23,25). The van der Waals surface area contributed by atoms with Crippen molar-refractivity contribution in [3.05, 3.63) is 48.1 Å². The van der Waals surface area contributed by atoms with Crippen LogP contribution in [0.3, 0.4) is 0 Å². The van der Waals surface area contributed by atoms with Crippen molar-refractivity contribution in [3.8, 4) is 17.1 Å². The van der Waals surface area contributed by atoms with Crippen molar-refractivity contribution in [1.29, 1.82) is 0 Å². The van der Waals surface area contributed by atoms with E-state index >= 15 is 0 Å². The highest BCUT2D eigenvalue weighted by molar-refractivity contribution is 6.01. The summed E-state index contributed by atoms with van der Waals surface area (Å²) in [6.07, 6.45) is -3.33. The van der Waals surface area contributed by atoms with Crippen molar-refractivity contribution < 1.29 is 36.0 Å². The van der Waals surface area contributed by atoms with Gasteiger partial charge >= 0.3 is 12.2 Å². The average Bonchev–Trinajstić information content (AvgIpc) is 3.28. The number of carbonyl (C=O) groups excluding carboxylic acids is 1. The van der Waals surface area contributed by atoms with Gasteiger partial charge in [-0.3, -0.25) is 5.32 Å². The lowest BCUT2D eigenvalue weighted by molar-refractivity contribution is -0.142. The first-order valence-corrected chi connectivity index (χ1v) is 7.90. The van der Waals surface area contributed by atoms with Gasteiger partial charge in [0.15, 0.2) is 17.3 Å². The first-order valence-electron chi connectivity index (χ1n) is 7.90. The Hall–Kier alpha value is -3.50. The molecule has 0 aliphatic rings. The summed E-state index contributed by atoms with van der Waals surface area (Å²) < 4.78 is 66.7. The van der Waals surface area contributed by atoms with Gasteiger partial charge in [0.25, 0.3) is 0 Å². The highest BCUT2D eigenvalue weighted by Gasteiger charge is 2.35. The molecule has 0 aliphatic heterocycles. The molecule has 2 aromatic heterocycles. The van der Waals surface area contributed by atoms with Crippen molar-refractivity contribution in [2.45, 2.75) is 13.1 Å². The third kappa shape index (κ3) is 4.24. The van der Waals surface area contributed by atoms with Crippen LogP contribution in [0, 0.1) is 5.82 Å². The second kappa shape index (κ2) is 7.62. The van der Waals surface area contributed by atoms with Crippen LogP contribution in [-0.4, -0.2) is 17.8 Å². The van der Waals surface area contributed by atoms with Crippen LogP contribution in [-0.2, 0) is 6.18 Å². The first-order chi connectivity index (χ1) is 13.3. The first kappa shape index (κ1) is 19.3. The Labute approximate surface area is 155 Å². The fourth-order valence-electron chi connectivity index (χ4n) is 2.29. The fourth-order valence-corrected chi connectivity index (χ4v) is 2.29. The number of urea groups is 1. The maximum Gasteiger partial charge on any atom is 0.436 e. The Morgan fingerprint density at radius 3 is 2.64 bits per heavy atom. The minimum Gasteiger partial charge on any atom is -0.491 e. The van der Waals surface area contributed by atoms with E-state index in [9.17, 15) is 22.4 Å². The third-order valence-corrected chi connectivity index (χ3v) is 3.44. The van der Waals surface area contributed by atoms with Gasteiger partial charge < -0.3 is 19.0 Å². The maximum atomic E-state index is 14.2. The van der Waals surface area contributed by atoms with E-state index in [0.29, 0.717) is 17.4 Å². The predicted octanol–water partition coefficient (Wildman–Crippen LogP) is 5.14. The molecule has 2 amide bonds. The molecule has 0 saturated heterocycles. The lowest BCUT2D eigenvalue weighted by Crippen LogP contribution is -2.19. The van der Waals surface area contributed by atoms with E-state index < -0.39 is 29.6 Å². The summed E-state index contributed by atoms with van der Waals surface area (Å²) in [5.41, 5.74) is -0.992. The molecule has 0 atom stereocenters. The molecule has 2 N–H and O–H groups in total. The largest absolute Gasteiger partial charge is 0.491 e. The van der Waals surface area contributed by atoms with Crippen molar-refractivity contribution >= 4 is 17.6 Å². The predicted molar refractivity (Wildman–Crippen MR) is 89.4 cm³/mol. The van der Waals surface area contributed by atoms with Crippen LogP contribution in [0.15, 0.2) is 45.5 Å². The number of alkyl halides is 3. The molecule has 3 aromatic rings. The zero-order valence-corrected chi connectivity index (χ0v) is 14.3. The van der Waals surface area contributed by atoms with Gasteiger partial charge in [-0.15, -0.1) is 0 Å². The lowest BCUT2D eigenvalue weighted by Gasteiger charge is -2.13. The molecule has 0 fully saturated rings.